The van der Waals surface area contributed by atoms with Crippen LogP contribution in [0.15, 0.2) is 34.6 Å². The molecule has 1 N–H and O–H groups in total. The Hall–Kier alpha value is -1.04. The first kappa shape index (κ1) is 14.4. The Kier molecular flexibility index (Phi) is 4.85. The maximum absolute atomic E-state index is 6.34. The molecule has 102 valence electrons. The predicted octanol–water partition coefficient (Wildman–Crippen LogP) is 3.29. The van der Waals surface area contributed by atoms with Crippen molar-refractivity contribution in [3.63, 3.8) is 0 Å². The van der Waals surface area contributed by atoms with Crippen molar-refractivity contribution in [2.45, 2.75) is 29.9 Å². The summed E-state index contributed by atoms with van der Waals surface area (Å²) in [6.07, 6.45) is 1.69. The zero-order chi connectivity index (χ0) is 13.8. The zero-order valence-electron chi connectivity index (χ0n) is 11.2. The summed E-state index contributed by atoms with van der Waals surface area (Å²) in [5.74, 6) is 0. The van der Waals surface area contributed by atoms with Crippen LogP contribution in [0.2, 0.25) is 5.02 Å². The topological polar surface area (TPSA) is 42.7 Å². The molecule has 0 radical (unpaired) electrons. The highest BCUT2D eigenvalue weighted by Gasteiger charge is 2.10. The smallest absolute Gasteiger partial charge is 0.195 e. The molecule has 4 nitrogen and oxygen atoms in total. The quantitative estimate of drug-likeness (QED) is 0.919. The maximum Gasteiger partial charge on any atom is 0.195 e. The number of aryl methyl sites for hydroxylation is 1. The minimum absolute atomic E-state index is 0.256. The van der Waals surface area contributed by atoms with Gasteiger partial charge in [-0.3, -0.25) is 0 Å². The molecule has 1 aromatic carbocycles. The summed E-state index contributed by atoms with van der Waals surface area (Å²) < 4.78 is 1.88. The van der Waals surface area contributed by atoms with E-state index in [0.717, 1.165) is 27.2 Å². The second-order valence-electron chi connectivity index (χ2n) is 4.29. The number of aromatic nitrogens is 3. The molecule has 0 bridgehead atoms. The van der Waals surface area contributed by atoms with Gasteiger partial charge in [-0.2, -0.15) is 0 Å². The fraction of sp³-hybridized carbons (Fsp3) is 0.385. The highest BCUT2D eigenvalue weighted by Crippen LogP contribution is 2.31. The lowest BCUT2D eigenvalue weighted by atomic mass is 10.1. The van der Waals surface area contributed by atoms with Crippen molar-refractivity contribution in [2.24, 2.45) is 7.05 Å². The van der Waals surface area contributed by atoms with Crippen LogP contribution in [0, 0.1) is 0 Å². The monoisotopic (exact) mass is 296 g/mol. The van der Waals surface area contributed by atoms with Crippen molar-refractivity contribution < 1.29 is 0 Å². The van der Waals surface area contributed by atoms with E-state index in [4.69, 9.17) is 11.6 Å². The fourth-order valence-corrected chi connectivity index (χ4v) is 3.02. The lowest BCUT2D eigenvalue weighted by molar-refractivity contribution is 0.598. The van der Waals surface area contributed by atoms with Crippen LogP contribution in [0.1, 0.15) is 25.5 Å². The van der Waals surface area contributed by atoms with Crippen molar-refractivity contribution in [3.05, 3.63) is 35.1 Å². The fourth-order valence-electron chi connectivity index (χ4n) is 1.81. The van der Waals surface area contributed by atoms with Crippen LogP contribution in [0.4, 0.5) is 0 Å². The predicted molar refractivity (Wildman–Crippen MR) is 78.7 cm³/mol. The van der Waals surface area contributed by atoms with Crippen molar-refractivity contribution in [2.75, 3.05) is 6.54 Å². The number of benzene rings is 1. The molecule has 6 heteroatoms. The number of hydrogen-bond acceptors (Lipinski definition) is 4. The minimum atomic E-state index is 0.256. The van der Waals surface area contributed by atoms with E-state index in [1.165, 1.54) is 0 Å². The van der Waals surface area contributed by atoms with Gasteiger partial charge in [0.2, 0.25) is 0 Å². The van der Waals surface area contributed by atoms with Gasteiger partial charge in [0, 0.05) is 23.0 Å². The second-order valence-corrected chi connectivity index (χ2v) is 5.74. The average Bonchev–Trinajstić information content (AvgIpc) is 2.75. The van der Waals surface area contributed by atoms with Gasteiger partial charge in [-0.25, -0.2) is 0 Å². The van der Waals surface area contributed by atoms with E-state index < -0.39 is 0 Å². The number of hydrogen-bond donors (Lipinski definition) is 1. The lowest BCUT2D eigenvalue weighted by Crippen LogP contribution is -2.17. The zero-order valence-corrected chi connectivity index (χ0v) is 12.8. The van der Waals surface area contributed by atoms with Crippen LogP contribution in [0.5, 0.6) is 0 Å². The first-order valence-electron chi connectivity index (χ1n) is 6.16. The van der Waals surface area contributed by atoms with Crippen LogP contribution in [0.3, 0.4) is 0 Å². The number of rotatable bonds is 5. The SMILES string of the molecule is CCNC(C)c1ccc(Sc2nncn2C)cc1Cl. The van der Waals surface area contributed by atoms with Gasteiger partial charge in [-0.15, -0.1) is 10.2 Å². The van der Waals surface area contributed by atoms with Gasteiger partial charge in [0.05, 0.1) is 0 Å². The van der Waals surface area contributed by atoms with Crippen LogP contribution >= 0.6 is 23.4 Å². The molecule has 1 aromatic heterocycles. The van der Waals surface area contributed by atoms with Gasteiger partial charge in [0.15, 0.2) is 5.16 Å². The normalized spacial score (nSPS) is 12.6. The van der Waals surface area contributed by atoms with E-state index in [2.05, 4.69) is 41.5 Å². The van der Waals surface area contributed by atoms with Crippen molar-refractivity contribution in [1.82, 2.24) is 20.1 Å². The third kappa shape index (κ3) is 3.49. The number of halogens is 1. The summed E-state index contributed by atoms with van der Waals surface area (Å²) in [6.45, 7) is 5.12. The molecule has 2 aromatic rings. The summed E-state index contributed by atoms with van der Waals surface area (Å²) in [4.78, 5) is 1.06. The Bertz CT molecular complexity index is 555. The summed E-state index contributed by atoms with van der Waals surface area (Å²) in [7, 11) is 1.92. The minimum Gasteiger partial charge on any atom is -0.311 e. The Balaban J connectivity index is 2.17. The summed E-state index contributed by atoms with van der Waals surface area (Å²) in [6, 6.07) is 6.36. The standard InChI is InChI=1S/C13H17ClN4S/c1-4-15-9(2)11-6-5-10(7-12(11)14)19-13-17-16-8-18(13)3/h5-9,15H,4H2,1-3H3. The largest absolute Gasteiger partial charge is 0.311 e. The molecule has 1 atom stereocenters. The van der Waals surface area contributed by atoms with Gasteiger partial charge in [-0.05, 0) is 42.9 Å². The van der Waals surface area contributed by atoms with Gasteiger partial charge < -0.3 is 9.88 Å². The Morgan fingerprint density at radius 2 is 2.26 bits per heavy atom. The van der Waals surface area contributed by atoms with Gasteiger partial charge in [0.25, 0.3) is 0 Å². The third-order valence-corrected chi connectivity index (χ3v) is 4.20. The van der Waals surface area contributed by atoms with Crippen molar-refractivity contribution in [1.29, 1.82) is 0 Å². The first-order chi connectivity index (χ1) is 9.11. The van der Waals surface area contributed by atoms with Crippen LogP contribution in [-0.2, 0) is 7.05 Å². The van der Waals surface area contributed by atoms with Gasteiger partial charge in [-0.1, -0.05) is 24.6 Å². The number of nitrogens with zero attached hydrogens (tertiary/aromatic N) is 3. The molecule has 0 aliphatic rings. The Labute approximate surface area is 122 Å². The Morgan fingerprint density at radius 1 is 1.47 bits per heavy atom. The van der Waals surface area contributed by atoms with Crippen LogP contribution in [-0.4, -0.2) is 21.3 Å². The molecule has 0 saturated carbocycles. The van der Waals surface area contributed by atoms with Gasteiger partial charge in [0.1, 0.15) is 6.33 Å². The van der Waals surface area contributed by atoms with Crippen LogP contribution < -0.4 is 5.32 Å². The van der Waals surface area contributed by atoms with Gasteiger partial charge >= 0.3 is 0 Å². The van der Waals surface area contributed by atoms with Crippen LogP contribution in [0.25, 0.3) is 0 Å². The molecule has 1 unspecified atom stereocenters. The second kappa shape index (κ2) is 6.41. The Morgan fingerprint density at radius 3 is 2.84 bits per heavy atom. The molecule has 1 heterocycles. The average molecular weight is 297 g/mol. The molecule has 0 aliphatic heterocycles. The highest BCUT2D eigenvalue weighted by atomic mass is 35.5. The van der Waals surface area contributed by atoms with E-state index >= 15 is 0 Å². The first-order valence-corrected chi connectivity index (χ1v) is 7.36. The van der Waals surface area contributed by atoms with E-state index in [0.29, 0.717) is 0 Å². The van der Waals surface area contributed by atoms with E-state index in [9.17, 15) is 0 Å². The molecule has 0 amide bonds. The third-order valence-electron chi connectivity index (χ3n) is 2.83. The van der Waals surface area contributed by atoms with Crippen molar-refractivity contribution >= 4 is 23.4 Å². The van der Waals surface area contributed by atoms with Crippen molar-refractivity contribution in [3.8, 4) is 0 Å². The molecule has 0 spiro atoms. The highest BCUT2D eigenvalue weighted by molar-refractivity contribution is 7.99. The summed E-state index contributed by atoms with van der Waals surface area (Å²) >= 11 is 7.90. The molecular weight excluding hydrogens is 280 g/mol. The summed E-state index contributed by atoms with van der Waals surface area (Å²) in [5, 5.41) is 12.9. The van der Waals surface area contributed by atoms with E-state index in [-0.39, 0.29) is 6.04 Å². The summed E-state index contributed by atoms with van der Waals surface area (Å²) in [5.41, 5.74) is 1.12. The molecule has 0 saturated heterocycles. The molecule has 2 rings (SSSR count). The van der Waals surface area contributed by atoms with E-state index in [1.54, 1.807) is 18.1 Å². The lowest BCUT2D eigenvalue weighted by Gasteiger charge is -2.15. The molecule has 0 aliphatic carbocycles. The maximum atomic E-state index is 6.34. The van der Waals surface area contributed by atoms with E-state index in [1.807, 2.05) is 17.7 Å². The molecule has 0 fully saturated rings. The number of nitrogens with one attached hydrogen (secondary N) is 1. The molecular formula is C13H17ClN4S. The molecule has 19 heavy (non-hydrogen) atoms.